The third-order valence-corrected chi connectivity index (χ3v) is 7.91. The second-order valence-electron chi connectivity index (χ2n) is 8.69. The molecule has 0 radical (unpaired) electrons. The number of piperidine rings is 1. The second-order valence-corrected chi connectivity index (χ2v) is 10.9. The van der Waals surface area contributed by atoms with Crippen LogP contribution in [0, 0.1) is 5.92 Å². The lowest BCUT2D eigenvalue weighted by atomic mass is 9.90. The van der Waals surface area contributed by atoms with Gasteiger partial charge in [0.1, 0.15) is 0 Å². The van der Waals surface area contributed by atoms with Gasteiger partial charge in [0, 0.05) is 19.1 Å². The van der Waals surface area contributed by atoms with Crippen molar-refractivity contribution >= 4 is 39.8 Å². The number of hydrogen-bond donors (Lipinski definition) is 2. The molecule has 2 fully saturated rings. The normalized spacial score (nSPS) is 22.1. The zero-order valence-corrected chi connectivity index (χ0v) is 21.9. The Morgan fingerprint density at radius 1 is 1.13 bits per heavy atom. The van der Waals surface area contributed by atoms with Crippen LogP contribution in [0.4, 0.5) is 0 Å². The highest BCUT2D eigenvalue weighted by molar-refractivity contribution is 14.0. The molecular weight excluding hydrogens is 523 g/mol. The van der Waals surface area contributed by atoms with Crippen LogP contribution < -0.4 is 10.6 Å². The van der Waals surface area contributed by atoms with E-state index in [-0.39, 0.29) is 41.5 Å². The Morgan fingerprint density at radius 2 is 1.87 bits per heavy atom. The average molecular weight is 563 g/mol. The summed E-state index contributed by atoms with van der Waals surface area (Å²) in [6.45, 7) is 7.16. The summed E-state index contributed by atoms with van der Waals surface area (Å²) < 4.78 is 23.3. The van der Waals surface area contributed by atoms with E-state index in [1.807, 2.05) is 6.92 Å². The molecule has 0 bridgehead atoms. The number of rotatable bonds is 9. The van der Waals surface area contributed by atoms with E-state index in [2.05, 4.69) is 50.9 Å². The van der Waals surface area contributed by atoms with Gasteiger partial charge < -0.3 is 15.5 Å². The minimum absolute atomic E-state index is 0. The first-order chi connectivity index (χ1) is 14.5. The molecule has 6 nitrogen and oxygen atoms in total. The van der Waals surface area contributed by atoms with E-state index in [4.69, 9.17) is 0 Å². The number of nitrogens with zero attached hydrogens (tertiary/aromatic N) is 2. The molecule has 0 aliphatic carbocycles. The summed E-state index contributed by atoms with van der Waals surface area (Å²) in [5, 5.41) is 6.52. The van der Waals surface area contributed by atoms with Crippen molar-refractivity contribution in [3.8, 4) is 0 Å². The molecule has 2 aliphatic heterocycles. The molecule has 1 aromatic rings. The van der Waals surface area contributed by atoms with Crippen LogP contribution >= 0.6 is 24.0 Å². The molecule has 3 rings (SSSR count). The molecule has 1 atom stereocenters. The lowest BCUT2D eigenvalue weighted by molar-refractivity contribution is 0.181. The first kappa shape index (κ1) is 26.4. The number of unbranched alkanes of at least 4 members (excludes halogenated alkanes) is 1. The first-order valence-electron chi connectivity index (χ1n) is 11.6. The quantitative estimate of drug-likeness (QED) is 0.210. The van der Waals surface area contributed by atoms with Gasteiger partial charge in [0.2, 0.25) is 0 Å². The number of sulfone groups is 1. The molecule has 2 N–H and O–H groups in total. The molecule has 2 saturated heterocycles. The van der Waals surface area contributed by atoms with Crippen molar-refractivity contribution in [3.63, 3.8) is 0 Å². The van der Waals surface area contributed by atoms with Crippen molar-refractivity contribution in [2.24, 2.45) is 10.9 Å². The maximum atomic E-state index is 11.6. The molecular formula is C23H39IN4O2S. The van der Waals surface area contributed by atoms with E-state index >= 15 is 0 Å². The van der Waals surface area contributed by atoms with Crippen LogP contribution in [0.25, 0.3) is 0 Å². The number of likely N-dealkylation sites (tertiary alicyclic amines) is 1. The molecule has 2 heterocycles. The third kappa shape index (κ3) is 9.65. The number of benzene rings is 1. The van der Waals surface area contributed by atoms with Gasteiger partial charge in [-0.1, -0.05) is 30.3 Å². The molecule has 0 amide bonds. The van der Waals surface area contributed by atoms with Crippen LogP contribution in [0.2, 0.25) is 0 Å². The number of halogens is 1. The predicted molar refractivity (Wildman–Crippen MR) is 140 cm³/mol. The molecule has 1 aromatic carbocycles. The van der Waals surface area contributed by atoms with Crippen LogP contribution in [0.1, 0.15) is 44.6 Å². The highest BCUT2D eigenvalue weighted by Gasteiger charge is 2.28. The summed E-state index contributed by atoms with van der Waals surface area (Å²) in [5.74, 6) is 2.08. The molecule has 0 aromatic heterocycles. The van der Waals surface area contributed by atoms with Crippen molar-refractivity contribution in [1.82, 2.24) is 15.5 Å². The minimum Gasteiger partial charge on any atom is -0.357 e. The van der Waals surface area contributed by atoms with E-state index in [0.717, 1.165) is 44.4 Å². The minimum atomic E-state index is -2.87. The van der Waals surface area contributed by atoms with Gasteiger partial charge in [0.15, 0.2) is 15.8 Å². The highest BCUT2D eigenvalue weighted by Crippen LogP contribution is 2.21. The fraction of sp³-hybridized carbons (Fsp3) is 0.696. The number of guanidine groups is 1. The van der Waals surface area contributed by atoms with Gasteiger partial charge in [0.25, 0.3) is 0 Å². The predicted octanol–water partition coefficient (Wildman–Crippen LogP) is 3.08. The number of hydrogen-bond acceptors (Lipinski definition) is 4. The Hall–Kier alpha value is -0.870. The van der Waals surface area contributed by atoms with E-state index in [1.165, 1.54) is 37.9 Å². The standard InChI is InChI=1S/C23H38N4O2S.HI/c1-2-24-23(26-22-12-17-30(28,29)19-22)25-13-6-7-14-27-15-10-21(11-16-27)18-20-8-4-3-5-9-20;/h3-5,8-9,21-22H,2,6-7,10-19H2,1H3,(H2,24,25,26);1H. The lowest BCUT2D eigenvalue weighted by Gasteiger charge is -2.32. The molecule has 31 heavy (non-hydrogen) atoms. The highest BCUT2D eigenvalue weighted by atomic mass is 127. The maximum absolute atomic E-state index is 11.6. The van der Waals surface area contributed by atoms with Crippen LogP contribution in [-0.2, 0) is 16.3 Å². The van der Waals surface area contributed by atoms with Crippen molar-refractivity contribution in [2.75, 3.05) is 44.2 Å². The molecule has 0 saturated carbocycles. The fourth-order valence-corrected chi connectivity index (χ4v) is 6.10. The maximum Gasteiger partial charge on any atom is 0.191 e. The van der Waals surface area contributed by atoms with E-state index in [0.29, 0.717) is 6.42 Å². The molecule has 8 heteroatoms. The molecule has 176 valence electrons. The Kier molecular flexibility index (Phi) is 11.6. The van der Waals surface area contributed by atoms with Gasteiger partial charge in [-0.25, -0.2) is 8.42 Å². The van der Waals surface area contributed by atoms with Gasteiger partial charge in [-0.3, -0.25) is 4.99 Å². The summed E-state index contributed by atoms with van der Waals surface area (Å²) in [5.41, 5.74) is 1.47. The molecule has 1 unspecified atom stereocenters. The monoisotopic (exact) mass is 562 g/mol. The summed E-state index contributed by atoms with van der Waals surface area (Å²) in [6.07, 6.45) is 6.70. The van der Waals surface area contributed by atoms with Crippen LogP contribution in [0.5, 0.6) is 0 Å². The summed E-state index contributed by atoms with van der Waals surface area (Å²) >= 11 is 0. The summed E-state index contributed by atoms with van der Waals surface area (Å²) in [4.78, 5) is 7.24. The van der Waals surface area contributed by atoms with Gasteiger partial charge in [0.05, 0.1) is 11.5 Å². The number of nitrogens with one attached hydrogen (secondary N) is 2. The molecule has 0 spiro atoms. The molecule has 2 aliphatic rings. The van der Waals surface area contributed by atoms with Crippen LogP contribution in [0.15, 0.2) is 35.3 Å². The van der Waals surface area contributed by atoms with Crippen molar-refractivity contribution in [1.29, 1.82) is 0 Å². The van der Waals surface area contributed by atoms with E-state index < -0.39 is 9.84 Å². The van der Waals surface area contributed by atoms with Gasteiger partial charge in [-0.2, -0.15) is 0 Å². The second kappa shape index (κ2) is 13.6. The first-order valence-corrected chi connectivity index (χ1v) is 13.4. The lowest BCUT2D eigenvalue weighted by Crippen LogP contribution is -2.44. The van der Waals surface area contributed by atoms with E-state index in [9.17, 15) is 8.42 Å². The van der Waals surface area contributed by atoms with Gasteiger partial charge in [-0.05, 0) is 76.6 Å². The SMILES string of the molecule is CCNC(=NCCCCN1CCC(Cc2ccccc2)CC1)NC1CCS(=O)(=O)C1.I. The van der Waals surface area contributed by atoms with Crippen molar-refractivity contribution in [2.45, 2.75) is 51.5 Å². The van der Waals surface area contributed by atoms with Crippen molar-refractivity contribution < 1.29 is 8.42 Å². The summed E-state index contributed by atoms with van der Waals surface area (Å²) in [6, 6.07) is 10.8. The van der Waals surface area contributed by atoms with E-state index in [1.54, 1.807) is 0 Å². The fourth-order valence-electron chi connectivity index (χ4n) is 4.42. The van der Waals surface area contributed by atoms with Crippen LogP contribution in [0.3, 0.4) is 0 Å². The zero-order valence-electron chi connectivity index (χ0n) is 18.8. The zero-order chi connectivity index (χ0) is 21.2. The largest absolute Gasteiger partial charge is 0.357 e. The van der Waals surface area contributed by atoms with Gasteiger partial charge in [-0.15, -0.1) is 24.0 Å². The van der Waals surface area contributed by atoms with Gasteiger partial charge >= 0.3 is 0 Å². The average Bonchev–Trinajstić information content (AvgIpc) is 3.08. The Labute approximate surface area is 205 Å². The third-order valence-electron chi connectivity index (χ3n) is 6.14. The Bertz CT molecular complexity index is 765. The summed E-state index contributed by atoms with van der Waals surface area (Å²) in [7, 11) is -2.87. The smallest absolute Gasteiger partial charge is 0.191 e. The van der Waals surface area contributed by atoms with Crippen molar-refractivity contribution in [3.05, 3.63) is 35.9 Å². The Morgan fingerprint density at radius 3 is 2.52 bits per heavy atom. The van der Waals surface area contributed by atoms with Crippen LogP contribution in [-0.4, -0.2) is 69.5 Å². The topological polar surface area (TPSA) is 73.8 Å². The number of aliphatic imine (C=N–C) groups is 1. The Balaban J connectivity index is 0.00000341.